The molecule has 25 heavy (non-hydrogen) atoms. The van der Waals surface area contributed by atoms with E-state index in [1.165, 1.54) is 5.56 Å². The van der Waals surface area contributed by atoms with Gasteiger partial charge in [0.1, 0.15) is 5.75 Å². The number of ether oxygens (including phenoxy) is 1. The van der Waals surface area contributed by atoms with Crippen molar-refractivity contribution in [1.82, 2.24) is 4.98 Å². The van der Waals surface area contributed by atoms with E-state index in [0.29, 0.717) is 0 Å². The van der Waals surface area contributed by atoms with Gasteiger partial charge in [-0.1, -0.05) is 41.9 Å². The lowest BCUT2D eigenvalue weighted by Crippen LogP contribution is -1.98. The van der Waals surface area contributed by atoms with E-state index in [4.69, 9.17) is 16.3 Å². The minimum Gasteiger partial charge on any atom is -0.494 e. The summed E-state index contributed by atoms with van der Waals surface area (Å²) in [4.78, 5) is 4.14. The molecule has 0 aliphatic rings. The maximum Gasteiger partial charge on any atom is 0.119 e. The predicted octanol–water partition coefficient (Wildman–Crippen LogP) is 6.11. The second kappa shape index (κ2) is 8.68. The van der Waals surface area contributed by atoms with Gasteiger partial charge >= 0.3 is 0 Å². The number of unbranched alkanes of at least 4 members (excludes halogenated alkanes) is 1. The zero-order valence-corrected chi connectivity index (χ0v) is 15.2. The van der Waals surface area contributed by atoms with Crippen molar-refractivity contribution in [2.75, 3.05) is 6.61 Å². The van der Waals surface area contributed by atoms with E-state index >= 15 is 0 Å². The highest BCUT2D eigenvalue weighted by molar-refractivity contribution is 6.31. The van der Waals surface area contributed by atoms with Gasteiger partial charge in [0, 0.05) is 17.4 Å². The molecule has 1 aromatic heterocycles. The molecule has 0 saturated carbocycles. The molecule has 2 aromatic carbocycles. The Labute approximate surface area is 154 Å². The summed E-state index contributed by atoms with van der Waals surface area (Å²) in [6.45, 7) is 2.74. The van der Waals surface area contributed by atoms with E-state index in [2.05, 4.69) is 29.2 Å². The van der Waals surface area contributed by atoms with Crippen LogP contribution in [0.25, 0.3) is 11.1 Å². The van der Waals surface area contributed by atoms with Crippen LogP contribution in [0.15, 0.2) is 67.0 Å². The summed E-state index contributed by atoms with van der Waals surface area (Å²) < 4.78 is 5.84. The third kappa shape index (κ3) is 5.07. The second-order valence-electron chi connectivity index (χ2n) is 6.16. The average Bonchev–Trinajstić information content (AvgIpc) is 2.65. The predicted molar refractivity (Wildman–Crippen MR) is 104 cm³/mol. The summed E-state index contributed by atoms with van der Waals surface area (Å²) in [5.41, 5.74) is 4.64. The van der Waals surface area contributed by atoms with Crippen LogP contribution in [0.3, 0.4) is 0 Å². The fourth-order valence-corrected chi connectivity index (χ4v) is 2.86. The Kier molecular flexibility index (Phi) is 6.08. The smallest absolute Gasteiger partial charge is 0.119 e. The summed E-state index contributed by atoms with van der Waals surface area (Å²) in [5.74, 6) is 0.906. The number of halogens is 1. The van der Waals surface area contributed by atoms with Crippen molar-refractivity contribution >= 4 is 11.6 Å². The molecule has 0 saturated heterocycles. The number of hydrogen-bond donors (Lipinski definition) is 0. The standard InChI is InChI=1S/C22H22ClNO/c1-17-7-8-20(15-22(17)23)19-9-11-21(12-10-19)25-14-3-2-5-18-6-4-13-24-16-18/h4,6-13,15-16H,2-3,5,14H2,1H3. The molecule has 0 aliphatic carbocycles. The average molecular weight is 352 g/mol. The Morgan fingerprint density at radius 2 is 1.76 bits per heavy atom. The Bertz CT molecular complexity index is 800. The molecule has 0 spiro atoms. The molecule has 2 nitrogen and oxygen atoms in total. The molecule has 0 fully saturated rings. The van der Waals surface area contributed by atoms with Gasteiger partial charge in [0.15, 0.2) is 0 Å². The summed E-state index contributed by atoms with van der Waals surface area (Å²) >= 11 is 6.21. The molecule has 0 radical (unpaired) electrons. The van der Waals surface area contributed by atoms with E-state index in [0.717, 1.165) is 53.3 Å². The van der Waals surface area contributed by atoms with Gasteiger partial charge in [-0.2, -0.15) is 0 Å². The largest absolute Gasteiger partial charge is 0.494 e. The molecule has 0 bridgehead atoms. The molecule has 0 aliphatic heterocycles. The quantitative estimate of drug-likeness (QED) is 0.479. The van der Waals surface area contributed by atoms with Crippen LogP contribution < -0.4 is 4.74 Å². The van der Waals surface area contributed by atoms with Gasteiger partial charge in [0.2, 0.25) is 0 Å². The maximum atomic E-state index is 6.21. The topological polar surface area (TPSA) is 22.1 Å². The molecule has 3 rings (SSSR count). The van der Waals surface area contributed by atoms with Crippen LogP contribution in [0.4, 0.5) is 0 Å². The van der Waals surface area contributed by atoms with E-state index < -0.39 is 0 Å². The first-order valence-electron chi connectivity index (χ1n) is 8.61. The number of aromatic nitrogens is 1. The van der Waals surface area contributed by atoms with Crippen molar-refractivity contribution in [3.8, 4) is 16.9 Å². The maximum absolute atomic E-state index is 6.21. The molecule has 0 unspecified atom stereocenters. The summed E-state index contributed by atoms with van der Waals surface area (Å²) in [7, 11) is 0. The molecule has 1 heterocycles. The summed E-state index contributed by atoms with van der Waals surface area (Å²) in [6, 6.07) is 18.4. The second-order valence-corrected chi connectivity index (χ2v) is 6.56. The van der Waals surface area contributed by atoms with Gasteiger partial charge in [-0.25, -0.2) is 0 Å². The van der Waals surface area contributed by atoms with Crippen molar-refractivity contribution in [2.45, 2.75) is 26.2 Å². The van der Waals surface area contributed by atoms with Crippen LogP contribution in [0, 0.1) is 6.92 Å². The Morgan fingerprint density at radius 3 is 2.48 bits per heavy atom. The van der Waals surface area contributed by atoms with E-state index in [-0.39, 0.29) is 0 Å². The summed E-state index contributed by atoms with van der Waals surface area (Å²) in [5, 5.41) is 0.798. The van der Waals surface area contributed by atoms with Gasteiger partial charge in [0.25, 0.3) is 0 Å². The molecule has 3 heteroatoms. The number of rotatable bonds is 7. The van der Waals surface area contributed by atoms with Gasteiger partial charge < -0.3 is 4.74 Å². The first-order chi connectivity index (χ1) is 12.2. The first kappa shape index (κ1) is 17.5. The lowest BCUT2D eigenvalue weighted by atomic mass is 10.0. The van der Waals surface area contributed by atoms with Crippen LogP contribution in [0.5, 0.6) is 5.75 Å². The third-order valence-corrected chi connectivity index (χ3v) is 4.62. The SMILES string of the molecule is Cc1ccc(-c2ccc(OCCCCc3cccnc3)cc2)cc1Cl. The number of aryl methyl sites for hydroxylation is 2. The van der Waals surface area contributed by atoms with Crippen molar-refractivity contribution in [1.29, 1.82) is 0 Å². The molecular weight excluding hydrogens is 330 g/mol. The van der Waals surface area contributed by atoms with Crippen molar-refractivity contribution in [3.05, 3.63) is 83.1 Å². The molecular formula is C22H22ClNO. The zero-order chi connectivity index (χ0) is 17.5. The van der Waals surface area contributed by atoms with Crippen LogP contribution in [0.2, 0.25) is 5.02 Å². The lowest BCUT2D eigenvalue weighted by Gasteiger charge is -2.08. The monoisotopic (exact) mass is 351 g/mol. The van der Waals surface area contributed by atoms with Gasteiger partial charge in [-0.15, -0.1) is 0 Å². The number of benzene rings is 2. The van der Waals surface area contributed by atoms with Crippen molar-refractivity contribution in [2.24, 2.45) is 0 Å². The lowest BCUT2D eigenvalue weighted by molar-refractivity contribution is 0.307. The molecule has 3 aromatic rings. The van der Waals surface area contributed by atoms with Crippen molar-refractivity contribution in [3.63, 3.8) is 0 Å². The highest BCUT2D eigenvalue weighted by Gasteiger charge is 2.02. The third-order valence-electron chi connectivity index (χ3n) is 4.21. The van der Waals surface area contributed by atoms with E-state index in [1.807, 2.05) is 43.5 Å². The van der Waals surface area contributed by atoms with Gasteiger partial charge in [0.05, 0.1) is 6.61 Å². The Morgan fingerprint density at radius 1 is 0.960 bits per heavy atom. The highest BCUT2D eigenvalue weighted by Crippen LogP contribution is 2.26. The normalized spacial score (nSPS) is 10.6. The molecule has 128 valence electrons. The number of hydrogen-bond acceptors (Lipinski definition) is 2. The molecule has 0 N–H and O–H groups in total. The Hall–Kier alpha value is -2.32. The summed E-state index contributed by atoms with van der Waals surface area (Å²) in [6.07, 6.45) is 6.91. The first-order valence-corrected chi connectivity index (χ1v) is 8.98. The van der Waals surface area contributed by atoms with Gasteiger partial charge in [-0.3, -0.25) is 4.98 Å². The number of nitrogens with zero attached hydrogens (tertiary/aromatic N) is 1. The fraction of sp³-hybridized carbons (Fsp3) is 0.227. The highest BCUT2D eigenvalue weighted by atomic mass is 35.5. The Balaban J connectivity index is 1.47. The van der Waals surface area contributed by atoms with Crippen LogP contribution in [0.1, 0.15) is 24.0 Å². The zero-order valence-electron chi connectivity index (χ0n) is 14.4. The van der Waals surface area contributed by atoms with Gasteiger partial charge in [-0.05, 0) is 72.7 Å². The fourth-order valence-electron chi connectivity index (χ4n) is 2.68. The van der Waals surface area contributed by atoms with E-state index in [1.54, 1.807) is 6.20 Å². The number of pyridine rings is 1. The minimum absolute atomic E-state index is 0.732. The van der Waals surface area contributed by atoms with Crippen molar-refractivity contribution < 1.29 is 4.74 Å². The van der Waals surface area contributed by atoms with E-state index in [9.17, 15) is 0 Å². The van der Waals surface area contributed by atoms with Crippen LogP contribution in [-0.2, 0) is 6.42 Å². The van der Waals surface area contributed by atoms with Crippen LogP contribution in [-0.4, -0.2) is 11.6 Å². The molecule has 0 atom stereocenters. The minimum atomic E-state index is 0.732. The molecule has 0 amide bonds. The van der Waals surface area contributed by atoms with Crippen LogP contribution >= 0.6 is 11.6 Å².